The lowest BCUT2D eigenvalue weighted by molar-refractivity contribution is -0.129. The molecule has 17 heavy (non-hydrogen) atoms. The van der Waals surface area contributed by atoms with Crippen molar-refractivity contribution in [2.45, 2.75) is 59.4 Å². The quantitative estimate of drug-likeness (QED) is 0.821. The molecule has 0 spiro atoms. The largest absolute Gasteiger partial charge is 0.354 e. The molecule has 1 amide bonds. The summed E-state index contributed by atoms with van der Waals surface area (Å²) < 4.78 is 0. The van der Waals surface area contributed by atoms with Crippen molar-refractivity contribution in [2.24, 2.45) is 5.41 Å². The molecule has 0 atom stereocenters. The van der Waals surface area contributed by atoms with Crippen molar-refractivity contribution >= 4 is 5.91 Å². The van der Waals surface area contributed by atoms with Crippen LogP contribution in [-0.4, -0.2) is 36.0 Å². The normalized spacial score (nSPS) is 19.1. The van der Waals surface area contributed by atoms with E-state index in [-0.39, 0.29) is 16.9 Å². The maximum absolute atomic E-state index is 11.9. The Bertz CT molecular complexity index is 260. The second-order valence-corrected chi connectivity index (χ2v) is 6.79. The summed E-state index contributed by atoms with van der Waals surface area (Å²) in [6.07, 6.45) is 3.92. The molecule has 0 aliphatic carbocycles. The summed E-state index contributed by atoms with van der Waals surface area (Å²) in [5.74, 6) is 0.141. The Morgan fingerprint density at radius 1 is 1.06 bits per heavy atom. The number of nitrogens with zero attached hydrogens (tertiary/aromatic N) is 1. The topological polar surface area (TPSA) is 32.3 Å². The SMILES string of the molecule is CC(C)(C)C(=O)NCC(C)(C)N1CCCCC1. The van der Waals surface area contributed by atoms with Crippen LogP contribution in [0.25, 0.3) is 0 Å². The van der Waals surface area contributed by atoms with Gasteiger partial charge >= 0.3 is 0 Å². The number of likely N-dealkylation sites (tertiary alicyclic amines) is 1. The van der Waals surface area contributed by atoms with E-state index in [4.69, 9.17) is 0 Å². The Kier molecular flexibility index (Phi) is 4.59. The van der Waals surface area contributed by atoms with Crippen LogP contribution in [0.3, 0.4) is 0 Å². The summed E-state index contributed by atoms with van der Waals surface area (Å²) in [5, 5.41) is 3.08. The fourth-order valence-corrected chi connectivity index (χ4v) is 2.17. The number of hydrogen-bond acceptors (Lipinski definition) is 2. The van der Waals surface area contributed by atoms with Gasteiger partial charge in [-0.2, -0.15) is 0 Å². The molecule has 0 bridgehead atoms. The van der Waals surface area contributed by atoms with E-state index >= 15 is 0 Å². The summed E-state index contributed by atoms with van der Waals surface area (Å²) in [6.45, 7) is 13.4. The van der Waals surface area contributed by atoms with E-state index in [9.17, 15) is 4.79 Å². The van der Waals surface area contributed by atoms with E-state index in [1.165, 1.54) is 32.4 Å². The summed E-state index contributed by atoms with van der Waals surface area (Å²) in [5.41, 5.74) is -0.223. The zero-order chi connectivity index (χ0) is 13.1. The van der Waals surface area contributed by atoms with E-state index in [1.807, 2.05) is 20.8 Å². The van der Waals surface area contributed by atoms with Gasteiger partial charge in [-0.1, -0.05) is 27.2 Å². The number of carbonyl (C=O) groups excluding carboxylic acids is 1. The van der Waals surface area contributed by atoms with Crippen LogP contribution in [0.1, 0.15) is 53.9 Å². The molecule has 0 saturated carbocycles. The van der Waals surface area contributed by atoms with Gasteiger partial charge in [0.15, 0.2) is 0 Å². The zero-order valence-corrected chi connectivity index (χ0v) is 12.1. The first-order valence-electron chi connectivity index (χ1n) is 6.77. The Balaban J connectivity index is 2.46. The maximum Gasteiger partial charge on any atom is 0.225 e. The summed E-state index contributed by atoms with van der Waals surface area (Å²) >= 11 is 0. The van der Waals surface area contributed by atoms with Crippen LogP contribution in [-0.2, 0) is 4.79 Å². The van der Waals surface area contributed by atoms with Crippen molar-refractivity contribution in [1.82, 2.24) is 10.2 Å². The predicted molar refractivity (Wildman–Crippen MR) is 72.0 cm³/mol. The molecule has 1 aliphatic heterocycles. The highest BCUT2D eigenvalue weighted by Gasteiger charge is 2.30. The van der Waals surface area contributed by atoms with Crippen LogP contribution < -0.4 is 5.32 Å². The van der Waals surface area contributed by atoms with Gasteiger partial charge < -0.3 is 5.32 Å². The highest BCUT2D eigenvalue weighted by molar-refractivity contribution is 5.81. The van der Waals surface area contributed by atoms with Gasteiger partial charge in [0.1, 0.15) is 0 Å². The molecule has 1 N–H and O–H groups in total. The average Bonchev–Trinajstić information content (AvgIpc) is 2.26. The van der Waals surface area contributed by atoms with Crippen LogP contribution in [0.15, 0.2) is 0 Å². The van der Waals surface area contributed by atoms with Gasteiger partial charge in [0.25, 0.3) is 0 Å². The molecule has 0 aromatic rings. The highest BCUT2D eigenvalue weighted by atomic mass is 16.2. The van der Waals surface area contributed by atoms with Gasteiger partial charge in [0, 0.05) is 17.5 Å². The molecule has 1 fully saturated rings. The minimum atomic E-state index is -0.294. The monoisotopic (exact) mass is 240 g/mol. The van der Waals surface area contributed by atoms with Gasteiger partial charge in [-0.05, 0) is 39.8 Å². The third-order valence-electron chi connectivity index (χ3n) is 3.57. The zero-order valence-electron chi connectivity index (χ0n) is 12.1. The van der Waals surface area contributed by atoms with Crippen molar-refractivity contribution in [3.05, 3.63) is 0 Å². The molecule has 1 heterocycles. The fraction of sp³-hybridized carbons (Fsp3) is 0.929. The van der Waals surface area contributed by atoms with Gasteiger partial charge in [0.05, 0.1) is 0 Å². The number of rotatable bonds is 3. The van der Waals surface area contributed by atoms with Crippen LogP contribution >= 0.6 is 0 Å². The molecule has 1 rings (SSSR count). The molecular weight excluding hydrogens is 212 g/mol. The van der Waals surface area contributed by atoms with Crippen LogP contribution in [0, 0.1) is 5.41 Å². The van der Waals surface area contributed by atoms with E-state index in [0.717, 1.165) is 6.54 Å². The average molecular weight is 240 g/mol. The van der Waals surface area contributed by atoms with E-state index in [2.05, 4.69) is 24.1 Å². The number of carbonyl (C=O) groups is 1. The third-order valence-corrected chi connectivity index (χ3v) is 3.57. The van der Waals surface area contributed by atoms with Crippen molar-refractivity contribution in [3.63, 3.8) is 0 Å². The first-order valence-corrected chi connectivity index (χ1v) is 6.77. The Labute approximate surface area is 106 Å². The van der Waals surface area contributed by atoms with Crippen molar-refractivity contribution in [2.75, 3.05) is 19.6 Å². The summed E-state index contributed by atoms with van der Waals surface area (Å²) in [7, 11) is 0. The second kappa shape index (κ2) is 5.38. The molecular formula is C14H28N2O. The van der Waals surface area contributed by atoms with Crippen LogP contribution in [0.4, 0.5) is 0 Å². The number of amides is 1. The van der Waals surface area contributed by atoms with Crippen molar-refractivity contribution in [1.29, 1.82) is 0 Å². The van der Waals surface area contributed by atoms with Crippen LogP contribution in [0.2, 0.25) is 0 Å². The Morgan fingerprint density at radius 3 is 2.06 bits per heavy atom. The number of nitrogens with one attached hydrogen (secondary N) is 1. The molecule has 0 unspecified atom stereocenters. The first-order chi connectivity index (χ1) is 7.73. The third kappa shape index (κ3) is 4.30. The van der Waals surface area contributed by atoms with Gasteiger partial charge in [-0.25, -0.2) is 0 Å². The molecule has 1 saturated heterocycles. The van der Waals surface area contributed by atoms with E-state index < -0.39 is 0 Å². The second-order valence-electron chi connectivity index (χ2n) is 6.79. The lowest BCUT2D eigenvalue weighted by atomic mass is 9.94. The number of piperidine rings is 1. The van der Waals surface area contributed by atoms with Gasteiger partial charge in [-0.15, -0.1) is 0 Å². The number of hydrogen-bond donors (Lipinski definition) is 1. The maximum atomic E-state index is 11.9. The standard InChI is InChI=1S/C14H28N2O/c1-13(2,3)12(17)15-11-14(4,5)16-9-7-6-8-10-16/h6-11H2,1-5H3,(H,15,17). The minimum Gasteiger partial charge on any atom is -0.354 e. The van der Waals surface area contributed by atoms with Crippen LogP contribution in [0.5, 0.6) is 0 Å². The van der Waals surface area contributed by atoms with Gasteiger partial charge in [-0.3, -0.25) is 9.69 Å². The lowest BCUT2D eigenvalue weighted by Crippen LogP contribution is -2.54. The van der Waals surface area contributed by atoms with Gasteiger partial charge in [0.2, 0.25) is 5.91 Å². The van der Waals surface area contributed by atoms with Crippen molar-refractivity contribution in [3.8, 4) is 0 Å². The van der Waals surface area contributed by atoms with E-state index in [0.29, 0.717) is 0 Å². The van der Waals surface area contributed by atoms with Crippen molar-refractivity contribution < 1.29 is 4.79 Å². The molecule has 0 aromatic carbocycles. The fourth-order valence-electron chi connectivity index (χ4n) is 2.17. The predicted octanol–water partition coefficient (Wildman–Crippen LogP) is 2.41. The molecule has 3 heteroatoms. The summed E-state index contributed by atoms with van der Waals surface area (Å²) in [6, 6.07) is 0. The minimum absolute atomic E-state index is 0.0708. The summed E-state index contributed by atoms with van der Waals surface area (Å²) in [4.78, 5) is 14.4. The smallest absolute Gasteiger partial charge is 0.225 e. The molecule has 0 radical (unpaired) electrons. The molecule has 1 aliphatic rings. The lowest BCUT2D eigenvalue weighted by Gasteiger charge is -2.41. The Morgan fingerprint density at radius 2 is 1.59 bits per heavy atom. The molecule has 3 nitrogen and oxygen atoms in total. The van der Waals surface area contributed by atoms with E-state index in [1.54, 1.807) is 0 Å². The first kappa shape index (κ1) is 14.5. The Hall–Kier alpha value is -0.570. The highest BCUT2D eigenvalue weighted by Crippen LogP contribution is 2.20. The molecule has 100 valence electrons. The molecule has 0 aromatic heterocycles.